The van der Waals surface area contributed by atoms with E-state index in [0.717, 1.165) is 16.8 Å². The molecule has 1 aliphatic heterocycles. The van der Waals surface area contributed by atoms with Gasteiger partial charge in [-0.25, -0.2) is 4.79 Å². The highest BCUT2D eigenvalue weighted by Crippen LogP contribution is 2.24. The summed E-state index contributed by atoms with van der Waals surface area (Å²) in [7, 11) is 0. The summed E-state index contributed by atoms with van der Waals surface area (Å²) >= 11 is 0. The van der Waals surface area contributed by atoms with E-state index in [9.17, 15) is 9.59 Å². The second kappa shape index (κ2) is 5.83. The number of hydrogen-bond donors (Lipinski definition) is 2. The first-order valence-electron chi connectivity index (χ1n) is 6.66. The van der Waals surface area contributed by atoms with E-state index in [1.807, 2.05) is 26.0 Å². The summed E-state index contributed by atoms with van der Waals surface area (Å²) in [5, 5.41) is 10.7. The van der Waals surface area contributed by atoms with Crippen molar-refractivity contribution in [3.05, 3.63) is 52.7 Å². The van der Waals surface area contributed by atoms with Crippen LogP contribution in [-0.2, 0) is 4.79 Å². The fourth-order valence-corrected chi connectivity index (χ4v) is 2.43. The van der Waals surface area contributed by atoms with Crippen molar-refractivity contribution in [1.82, 2.24) is 5.01 Å². The van der Waals surface area contributed by atoms with Gasteiger partial charge >= 0.3 is 5.97 Å². The van der Waals surface area contributed by atoms with Crippen LogP contribution in [-0.4, -0.2) is 28.4 Å². The third-order valence-electron chi connectivity index (χ3n) is 3.43. The van der Waals surface area contributed by atoms with E-state index in [2.05, 4.69) is 5.43 Å². The number of ketones is 1. The molecule has 0 bridgehead atoms. The Morgan fingerprint density at radius 1 is 1.29 bits per heavy atom. The smallest absolute Gasteiger partial charge is 0.337 e. The summed E-state index contributed by atoms with van der Waals surface area (Å²) in [6.07, 6.45) is 4.88. The molecule has 0 unspecified atom stereocenters. The van der Waals surface area contributed by atoms with Gasteiger partial charge in [0, 0.05) is 11.8 Å². The van der Waals surface area contributed by atoms with Crippen molar-refractivity contribution in [1.29, 1.82) is 0 Å². The van der Waals surface area contributed by atoms with Gasteiger partial charge in [0.2, 0.25) is 0 Å². The monoisotopic (exact) mass is 286 g/mol. The van der Waals surface area contributed by atoms with Crippen LogP contribution in [0.25, 0.3) is 0 Å². The van der Waals surface area contributed by atoms with Crippen LogP contribution in [0.4, 0.5) is 5.69 Å². The Bertz CT molecular complexity index is 660. The van der Waals surface area contributed by atoms with Crippen molar-refractivity contribution in [3.8, 4) is 0 Å². The van der Waals surface area contributed by atoms with Crippen molar-refractivity contribution in [3.63, 3.8) is 0 Å². The first-order valence-corrected chi connectivity index (χ1v) is 6.66. The first kappa shape index (κ1) is 14.8. The quantitative estimate of drug-likeness (QED) is 0.833. The molecule has 5 nitrogen and oxygen atoms in total. The number of carbonyl (C=O) groups is 2. The third kappa shape index (κ3) is 3.13. The molecule has 1 heterocycles. The molecule has 1 aliphatic rings. The third-order valence-corrected chi connectivity index (χ3v) is 3.43. The van der Waals surface area contributed by atoms with E-state index < -0.39 is 5.97 Å². The van der Waals surface area contributed by atoms with Crippen molar-refractivity contribution >= 4 is 17.4 Å². The van der Waals surface area contributed by atoms with Crippen molar-refractivity contribution in [2.75, 3.05) is 12.0 Å². The van der Waals surface area contributed by atoms with Gasteiger partial charge < -0.3 is 5.11 Å². The summed E-state index contributed by atoms with van der Waals surface area (Å²) < 4.78 is 0. The zero-order valence-electron chi connectivity index (χ0n) is 12.3. The molecule has 0 saturated heterocycles. The van der Waals surface area contributed by atoms with Crippen LogP contribution >= 0.6 is 0 Å². The molecule has 0 aliphatic carbocycles. The number of aryl methyl sites for hydroxylation is 1. The number of carboxylic acids is 1. The minimum absolute atomic E-state index is 0.0222. The number of benzene rings is 1. The fourth-order valence-electron chi connectivity index (χ4n) is 2.43. The number of nitrogens with one attached hydrogen (secondary N) is 1. The molecule has 0 amide bonds. The summed E-state index contributed by atoms with van der Waals surface area (Å²) in [5.74, 6) is -0.947. The zero-order valence-corrected chi connectivity index (χ0v) is 12.3. The number of nitrogens with zero attached hydrogens (tertiary/aromatic N) is 1. The van der Waals surface area contributed by atoms with Gasteiger partial charge in [-0.1, -0.05) is 12.1 Å². The van der Waals surface area contributed by atoms with Crippen LogP contribution in [0.5, 0.6) is 0 Å². The van der Waals surface area contributed by atoms with Crippen LogP contribution in [0.2, 0.25) is 0 Å². The SMILES string of the molecule is CC(=O)c1c(C)ccc(NN2C=C(C(=O)O)C=CC2)c1C. The fraction of sp³-hybridized carbons (Fsp3) is 0.250. The normalized spacial score (nSPS) is 13.9. The van der Waals surface area contributed by atoms with E-state index in [-0.39, 0.29) is 11.4 Å². The number of Topliss-reactive ketones (excluding diaryl/α,β-unsaturated/α-hetero) is 1. The van der Waals surface area contributed by atoms with Crippen molar-refractivity contribution < 1.29 is 14.7 Å². The van der Waals surface area contributed by atoms with Gasteiger partial charge in [0.05, 0.1) is 17.8 Å². The van der Waals surface area contributed by atoms with Gasteiger partial charge in [0.15, 0.2) is 5.78 Å². The minimum Gasteiger partial charge on any atom is -0.478 e. The number of carboxylic acid groups (broad SMARTS) is 1. The lowest BCUT2D eigenvalue weighted by molar-refractivity contribution is -0.132. The number of aliphatic carboxylic acids is 1. The number of rotatable bonds is 4. The van der Waals surface area contributed by atoms with Crippen LogP contribution in [0.3, 0.4) is 0 Å². The molecular formula is C16H18N2O3. The van der Waals surface area contributed by atoms with Crippen molar-refractivity contribution in [2.24, 2.45) is 0 Å². The standard InChI is InChI=1S/C16H18N2O3/c1-10-6-7-14(11(2)15(10)12(3)19)17-18-8-4-5-13(9-18)16(20)21/h4-7,9,17H,8H2,1-3H3,(H,20,21). The summed E-state index contributed by atoms with van der Waals surface area (Å²) in [5.41, 5.74) is 6.66. The lowest BCUT2D eigenvalue weighted by Crippen LogP contribution is -2.28. The predicted octanol–water partition coefficient (Wildman–Crippen LogP) is 2.67. The molecule has 21 heavy (non-hydrogen) atoms. The molecule has 2 rings (SSSR count). The molecular weight excluding hydrogens is 268 g/mol. The van der Waals surface area contributed by atoms with Gasteiger partial charge in [-0.2, -0.15) is 0 Å². The largest absolute Gasteiger partial charge is 0.478 e. The molecule has 0 atom stereocenters. The molecule has 0 spiro atoms. The lowest BCUT2D eigenvalue weighted by Gasteiger charge is -2.26. The highest BCUT2D eigenvalue weighted by Gasteiger charge is 2.14. The van der Waals surface area contributed by atoms with Crippen LogP contribution in [0, 0.1) is 13.8 Å². The number of hydrogen-bond acceptors (Lipinski definition) is 4. The molecule has 5 heteroatoms. The molecule has 110 valence electrons. The van der Waals surface area contributed by atoms with Crippen molar-refractivity contribution in [2.45, 2.75) is 20.8 Å². The van der Waals surface area contributed by atoms with Crippen LogP contribution < -0.4 is 5.43 Å². The number of carbonyl (C=O) groups excluding carboxylic acids is 1. The van der Waals surface area contributed by atoms with Gasteiger partial charge in [0.25, 0.3) is 0 Å². The van der Waals surface area contributed by atoms with E-state index in [0.29, 0.717) is 12.1 Å². The van der Waals surface area contributed by atoms with E-state index >= 15 is 0 Å². The van der Waals surface area contributed by atoms with Gasteiger partial charge in [0.1, 0.15) is 0 Å². The molecule has 1 aromatic carbocycles. The molecule has 0 fully saturated rings. The first-order chi connectivity index (χ1) is 9.90. The summed E-state index contributed by atoms with van der Waals surface area (Å²) in [6.45, 7) is 5.89. The van der Waals surface area contributed by atoms with Gasteiger partial charge in [-0.3, -0.25) is 15.2 Å². The Morgan fingerprint density at radius 2 is 2.00 bits per heavy atom. The molecule has 0 radical (unpaired) electrons. The maximum atomic E-state index is 11.7. The molecule has 0 saturated carbocycles. The maximum Gasteiger partial charge on any atom is 0.337 e. The van der Waals surface area contributed by atoms with Crippen LogP contribution in [0.1, 0.15) is 28.4 Å². The Labute approximate surface area is 123 Å². The van der Waals surface area contributed by atoms with E-state index in [1.165, 1.54) is 6.20 Å². The van der Waals surface area contributed by atoms with E-state index in [1.54, 1.807) is 24.1 Å². The Hall–Kier alpha value is -2.56. The van der Waals surface area contributed by atoms with Crippen LogP contribution in [0.15, 0.2) is 36.1 Å². The number of hydrazine groups is 1. The lowest BCUT2D eigenvalue weighted by atomic mass is 9.98. The maximum absolute atomic E-state index is 11.7. The Morgan fingerprint density at radius 3 is 2.62 bits per heavy atom. The van der Waals surface area contributed by atoms with Gasteiger partial charge in [-0.15, -0.1) is 0 Å². The molecule has 2 N–H and O–H groups in total. The minimum atomic E-state index is -0.970. The summed E-state index contributed by atoms with van der Waals surface area (Å²) in [4.78, 5) is 22.7. The highest BCUT2D eigenvalue weighted by atomic mass is 16.4. The average molecular weight is 286 g/mol. The molecule has 1 aromatic rings. The number of anilines is 1. The Kier molecular flexibility index (Phi) is 4.12. The highest BCUT2D eigenvalue weighted by molar-refractivity contribution is 5.98. The second-order valence-corrected chi connectivity index (χ2v) is 5.04. The topological polar surface area (TPSA) is 69.6 Å². The summed E-state index contributed by atoms with van der Waals surface area (Å²) in [6, 6.07) is 3.78. The second-order valence-electron chi connectivity index (χ2n) is 5.04. The Balaban J connectivity index is 2.29. The molecule has 0 aromatic heterocycles. The van der Waals surface area contributed by atoms with E-state index in [4.69, 9.17) is 5.11 Å². The average Bonchev–Trinajstić information content (AvgIpc) is 2.42. The predicted molar refractivity (Wildman–Crippen MR) is 81.1 cm³/mol. The van der Waals surface area contributed by atoms with Gasteiger partial charge in [-0.05, 0) is 44.0 Å². The zero-order chi connectivity index (χ0) is 15.6.